The lowest BCUT2D eigenvalue weighted by atomic mass is 9.82. The number of nitrogens with one attached hydrogen (secondary N) is 1. The summed E-state index contributed by atoms with van der Waals surface area (Å²) >= 11 is 0. The Bertz CT molecular complexity index is 501. The molecule has 3 rings (SSSR count). The third kappa shape index (κ3) is 2.94. The van der Waals surface area contributed by atoms with Crippen molar-refractivity contribution in [1.29, 1.82) is 0 Å². The highest BCUT2D eigenvalue weighted by atomic mass is 19.4. The van der Waals surface area contributed by atoms with Gasteiger partial charge >= 0.3 is 6.18 Å². The maximum Gasteiger partial charge on any atom is 0.416 e. The van der Waals surface area contributed by atoms with Crippen molar-refractivity contribution in [1.82, 2.24) is 5.43 Å². The van der Waals surface area contributed by atoms with Crippen LogP contribution in [0.25, 0.3) is 0 Å². The molecule has 0 aromatic heterocycles. The molecule has 2 aliphatic rings. The van der Waals surface area contributed by atoms with Gasteiger partial charge < -0.3 is 0 Å². The zero-order valence-corrected chi connectivity index (χ0v) is 11.9. The lowest BCUT2D eigenvalue weighted by molar-refractivity contribution is -0.138. The van der Waals surface area contributed by atoms with Crippen molar-refractivity contribution in [2.75, 3.05) is 0 Å². The normalized spacial score (nSPS) is 29.8. The van der Waals surface area contributed by atoms with Crippen LogP contribution >= 0.6 is 0 Å². The van der Waals surface area contributed by atoms with Crippen LogP contribution in [-0.4, -0.2) is 0 Å². The number of benzene rings is 1. The van der Waals surface area contributed by atoms with Crippen LogP contribution in [0.15, 0.2) is 24.3 Å². The molecule has 2 nitrogen and oxygen atoms in total. The smallest absolute Gasteiger partial charge is 0.271 e. The quantitative estimate of drug-likeness (QED) is 0.650. The van der Waals surface area contributed by atoms with Crippen molar-refractivity contribution in [2.24, 2.45) is 23.6 Å². The minimum atomic E-state index is -4.33. The first-order valence-electron chi connectivity index (χ1n) is 7.61. The van der Waals surface area contributed by atoms with Gasteiger partial charge in [0.1, 0.15) is 0 Å². The van der Waals surface area contributed by atoms with E-state index in [-0.39, 0.29) is 5.56 Å². The number of halogens is 3. The standard InChI is InChI=1S/C16H21F3N2/c17-16(18,19)14-4-2-1-3-13(14)15(21-20)9-12-8-10-5-6-11(12)7-10/h1-4,10-12,15,21H,5-9,20H2. The fourth-order valence-corrected chi connectivity index (χ4v) is 4.31. The summed E-state index contributed by atoms with van der Waals surface area (Å²) in [5.74, 6) is 7.55. The molecular formula is C16H21F3N2. The average molecular weight is 298 g/mol. The topological polar surface area (TPSA) is 38.0 Å². The van der Waals surface area contributed by atoms with Gasteiger partial charge in [-0.2, -0.15) is 13.2 Å². The van der Waals surface area contributed by atoms with E-state index in [0.717, 1.165) is 18.4 Å². The third-order valence-electron chi connectivity index (χ3n) is 5.27. The molecule has 0 spiro atoms. The van der Waals surface area contributed by atoms with Gasteiger partial charge in [-0.05, 0) is 55.1 Å². The number of fused-ring (bicyclic) bond motifs is 2. The van der Waals surface area contributed by atoms with Gasteiger partial charge in [0.05, 0.1) is 5.56 Å². The van der Waals surface area contributed by atoms with Crippen LogP contribution in [0.4, 0.5) is 13.2 Å². The van der Waals surface area contributed by atoms with Gasteiger partial charge in [0.2, 0.25) is 0 Å². The van der Waals surface area contributed by atoms with Gasteiger partial charge in [0.15, 0.2) is 0 Å². The van der Waals surface area contributed by atoms with Gasteiger partial charge in [-0.15, -0.1) is 0 Å². The number of rotatable bonds is 4. The van der Waals surface area contributed by atoms with Crippen molar-refractivity contribution in [3.63, 3.8) is 0 Å². The number of hydrogen-bond acceptors (Lipinski definition) is 2. The van der Waals surface area contributed by atoms with E-state index in [4.69, 9.17) is 5.84 Å². The Morgan fingerprint density at radius 3 is 2.52 bits per heavy atom. The molecule has 2 aliphatic carbocycles. The molecule has 116 valence electrons. The van der Waals surface area contributed by atoms with E-state index in [1.165, 1.54) is 25.3 Å². The fraction of sp³-hybridized carbons (Fsp3) is 0.625. The molecule has 0 heterocycles. The van der Waals surface area contributed by atoms with E-state index < -0.39 is 17.8 Å². The zero-order chi connectivity index (χ0) is 15.0. The highest BCUT2D eigenvalue weighted by Gasteiger charge is 2.41. The SMILES string of the molecule is NNC(CC1CC2CCC1C2)c1ccccc1C(F)(F)F. The Kier molecular flexibility index (Phi) is 3.97. The van der Waals surface area contributed by atoms with Crippen LogP contribution in [0.5, 0.6) is 0 Å². The molecule has 2 saturated carbocycles. The molecule has 0 aliphatic heterocycles. The van der Waals surface area contributed by atoms with Crippen LogP contribution in [0.2, 0.25) is 0 Å². The number of alkyl halides is 3. The lowest BCUT2D eigenvalue weighted by Crippen LogP contribution is -2.32. The second-order valence-corrected chi connectivity index (χ2v) is 6.47. The Hall–Kier alpha value is -1.07. The van der Waals surface area contributed by atoms with Crippen LogP contribution in [0, 0.1) is 17.8 Å². The van der Waals surface area contributed by atoms with E-state index >= 15 is 0 Å². The van der Waals surface area contributed by atoms with Gasteiger partial charge in [0.25, 0.3) is 0 Å². The molecular weight excluding hydrogens is 277 g/mol. The summed E-state index contributed by atoms with van der Waals surface area (Å²) in [6.07, 6.45) is 1.29. The zero-order valence-electron chi connectivity index (χ0n) is 11.9. The molecule has 0 amide bonds. The molecule has 2 bridgehead atoms. The first-order valence-corrected chi connectivity index (χ1v) is 7.61. The molecule has 0 saturated heterocycles. The van der Waals surface area contributed by atoms with Crippen LogP contribution in [0.3, 0.4) is 0 Å². The van der Waals surface area contributed by atoms with Gasteiger partial charge in [-0.25, -0.2) is 0 Å². The monoisotopic (exact) mass is 298 g/mol. The summed E-state index contributed by atoms with van der Waals surface area (Å²) in [6.45, 7) is 0. The van der Waals surface area contributed by atoms with E-state index in [0.29, 0.717) is 18.3 Å². The third-order valence-corrected chi connectivity index (χ3v) is 5.27. The number of nitrogens with two attached hydrogens (primary N) is 1. The van der Waals surface area contributed by atoms with E-state index in [1.54, 1.807) is 12.1 Å². The minimum absolute atomic E-state index is 0.273. The van der Waals surface area contributed by atoms with E-state index in [2.05, 4.69) is 5.43 Å². The molecule has 5 heteroatoms. The predicted molar refractivity (Wildman–Crippen MR) is 75.1 cm³/mol. The van der Waals surface area contributed by atoms with Gasteiger partial charge in [-0.1, -0.05) is 24.6 Å². The summed E-state index contributed by atoms with van der Waals surface area (Å²) < 4.78 is 39.4. The Labute approximate surface area is 122 Å². The van der Waals surface area contributed by atoms with E-state index in [1.807, 2.05) is 0 Å². The predicted octanol–water partition coefficient (Wildman–Crippen LogP) is 4.04. The highest BCUT2D eigenvalue weighted by Crippen LogP contribution is 2.51. The maximum atomic E-state index is 13.1. The van der Waals surface area contributed by atoms with Crippen molar-refractivity contribution in [3.05, 3.63) is 35.4 Å². The maximum absolute atomic E-state index is 13.1. The lowest BCUT2D eigenvalue weighted by Gasteiger charge is -2.28. The molecule has 4 unspecified atom stereocenters. The fourth-order valence-electron chi connectivity index (χ4n) is 4.31. The van der Waals surface area contributed by atoms with Crippen molar-refractivity contribution in [3.8, 4) is 0 Å². The Morgan fingerprint density at radius 1 is 1.19 bits per heavy atom. The molecule has 1 aromatic carbocycles. The largest absolute Gasteiger partial charge is 0.416 e. The number of hydrogen-bond donors (Lipinski definition) is 2. The molecule has 1 aromatic rings. The summed E-state index contributed by atoms with van der Waals surface area (Å²) in [4.78, 5) is 0. The summed E-state index contributed by atoms with van der Waals surface area (Å²) in [5.41, 5.74) is 2.32. The molecule has 0 radical (unpaired) electrons. The highest BCUT2D eigenvalue weighted by molar-refractivity contribution is 5.32. The second-order valence-electron chi connectivity index (χ2n) is 6.47. The molecule has 4 atom stereocenters. The van der Waals surface area contributed by atoms with Crippen LogP contribution in [-0.2, 0) is 6.18 Å². The minimum Gasteiger partial charge on any atom is -0.271 e. The van der Waals surface area contributed by atoms with Crippen molar-refractivity contribution in [2.45, 2.75) is 44.3 Å². The Balaban J connectivity index is 1.80. The average Bonchev–Trinajstić information content (AvgIpc) is 3.06. The Morgan fingerprint density at radius 2 is 1.95 bits per heavy atom. The molecule has 2 fully saturated rings. The summed E-state index contributed by atoms with van der Waals surface area (Å²) in [6, 6.07) is 5.33. The van der Waals surface area contributed by atoms with Gasteiger partial charge in [0, 0.05) is 6.04 Å². The second kappa shape index (κ2) is 5.61. The van der Waals surface area contributed by atoms with Crippen molar-refractivity contribution < 1.29 is 13.2 Å². The molecule has 3 N–H and O–H groups in total. The van der Waals surface area contributed by atoms with Gasteiger partial charge in [-0.3, -0.25) is 11.3 Å². The van der Waals surface area contributed by atoms with Crippen LogP contribution in [0.1, 0.15) is 49.3 Å². The molecule has 21 heavy (non-hydrogen) atoms. The first kappa shape index (κ1) is 14.9. The van der Waals surface area contributed by atoms with E-state index in [9.17, 15) is 13.2 Å². The summed E-state index contributed by atoms with van der Waals surface area (Å²) in [7, 11) is 0. The van der Waals surface area contributed by atoms with Crippen LogP contribution < -0.4 is 11.3 Å². The first-order chi connectivity index (χ1) is 9.99. The van der Waals surface area contributed by atoms with Crippen molar-refractivity contribution >= 4 is 0 Å². The number of hydrazine groups is 1. The summed E-state index contributed by atoms with van der Waals surface area (Å²) in [5, 5.41) is 0.